The van der Waals surface area contributed by atoms with Crippen molar-refractivity contribution in [1.29, 1.82) is 0 Å². The van der Waals surface area contributed by atoms with Crippen LogP contribution in [0.1, 0.15) is 27.8 Å². The van der Waals surface area contributed by atoms with E-state index in [1.54, 1.807) is 127 Å². The first kappa shape index (κ1) is 106. The van der Waals surface area contributed by atoms with Gasteiger partial charge in [0.1, 0.15) is 73.1 Å². The van der Waals surface area contributed by atoms with Gasteiger partial charge >= 0.3 is 11.9 Å². The number of carbonyl (C=O) groups is 2. The topological polar surface area (TPSA) is 554 Å². The molecule has 4 aliphatic heterocycles. The monoisotopic (exact) mass is 1820 g/mol. The van der Waals surface area contributed by atoms with Gasteiger partial charge in [-0.2, -0.15) is 0 Å². The molecule has 9 rings (SSSR count). The van der Waals surface area contributed by atoms with Crippen LogP contribution in [0.15, 0.2) is 175 Å². The maximum absolute atomic E-state index is 14.7. The van der Waals surface area contributed by atoms with Gasteiger partial charge in [0.05, 0.1) is 152 Å². The molecular weight excluding hydrogens is 1710 g/mol. The predicted octanol–water partition coefficient (Wildman–Crippen LogP) is -1.44. The van der Waals surface area contributed by atoms with Crippen molar-refractivity contribution in [2.75, 3.05) is 119 Å². The second-order valence-electron chi connectivity index (χ2n) is 29.4. The van der Waals surface area contributed by atoms with Crippen LogP contribution in [-0.2, 0) is 172 Å². The van der Waals surface area contributed by atoms with Crippen molar-refractivity contribution in [2.45, 2.75) is 156 Å². The number of carbonyl (C=O) groups excluding carboxylic acids is 2. The number of esters is 2. The van der Waals surface area contributed by atoms with Gasteiger partial charge in [-0.1, -0.05) is 168 Å². The van der Waals surface area contributed by atoms with Crippen molar-refractivity contribution in [3.8, 4) is 0 Å². The fraction of sp³-hybridized carbons (Fsp3) is 0.553. The molecule has 0 spiro atoms. The largest absolute Gasteiger partial charge is 0.726 e. The summed E-state index contributed by atoms with van der Waals surface area (Å²) in [5.74, 6) is -2.81. The molecule has 0 radical (unpaired) electrons. The van der Waals surface area contributed by atoms with Crippen LogP contribution in [0.4, 0.5) is 0 Å². The van der Waals surface area contributed by atoms with E-state index in [0.29, 0.717) is 22.3 Å². The Bertz CT molecular complexity index is 4480. The van der Waals surface area contributed by atoms with Gasteiger partial charge in [0, 0.05) is 9.82 Å². The average molecular weight is 1820 g/mol. The van der Waals surface area contributed by atoms with E-state index < -0.39 is 216 Å². The fourth-order valence-corrected chi connectivity index (χ4v) is 13.3. The Labute approximate surface area is 716 Å². The molecule has 5 aromatic carbocycles. The number of hydrogen-bond donors (Lipinski definition) is 4. The van der Waals surface area contributed by atoms with Crippen LogP contribution in [-0.4, -0.2) is 305 Å². The number of benzene rings is 5. The third-order valence-corrected chi connectivity index (χ3v) is 18.1. The first-order chi connectivity index (χ1) is 58.1. The van der Waals surface area contributed by atoms with Crippen molar-refractivity contribution in [3.05, 3.63) is 213 Å². The minimum atomic E-state index is -6.19. The number of methoxy groups -OCH3 is 2. The number of quaternary nitrogens is 4. The van der Waals surface area contributed by atoms with E-state index in [4.69, 9.17) is 87.8 Å². The maximum Gasteiger partial charge on any atom is 0.337 e. The lowest BCUT2D eigenvalue weighted by Crippen LogP contribution is -3.02. The number of hydrogen-bond acceptors (Lipinski definition) is 35. The van der Waals surface area contributed by atoms with Crippen LogP contribution >= 0.6 is 0 Å². The first-order valence-corrected chi connectivity index (χ1v) is 43.3. The lowest BCUT2D eigenvalue weighted by atomic mass is 9.94. The SMILES string of the molecule is C=CCO[C@@H]1O[C@@H](C(=O)OC)[C@@H](O[C@H]2O[C@H](COS(=O)(=O)[O-])[C@@H](O[C@@H]3O[C@@H](C(=O)OC)[C@@H](O[C@H]4O[C@H](COS(=O)(=O)[O-])[C@@H](OCc5ccccc5)[C@H](OCc5ccccc5)[C@H]4N=[N+]=[N-])[C@H](OCc4ccccc4)[C@H]3OS(=O)(=O)[O-])[C@H](OCc3ccccc3)[C@H]2N=[N+]=[N-])[C@H](OCc2ccccc2)[C@H]1OS(=O)(=O)[O-].C[NH+](C)C.C[NH+](C)C.C[NH+](C)C.C[NH+](C)C. The minimum absolute atomic E-state index is 0.269. The zero-order chi connectivity index (χ0) is 91.2. The number of rotatable bonds is 38. The molecule has 0 amide bonds. The second kappa shape index (κ2) is 53.0. The summed E-state index contributed by atoms with van der Waals surface area (Å²) in [5, 5.41) is 7.85. The van der Waals surface area contributed by atoms with Crippen molar-refractivity contribution in [2.24, 2.45) is 10.2 Å². The molecule has 5 aromatic rings. The third kappa shape index (κ3) is 38.5. The van der Waals surface area contributed by atoms with Crippen LogP contribution in [0.5, 0.6) is 0 Å². The molecule has 4 saturated heterocycles. The Balaban J connectivity index is 0.00000154. The van der Waals surface area contributed by atoms with Crippen LogP contribution < -0.4 is 19.6 Å². The molecule has 0 aliphatic carbocycles. The molecule has 43 nitrogen and oxygen atoms in total. The Morgan fingerprint density at radius 3 is 0.935 bits per heavy atom. The quantitative estimate of drug-likeness (QED) is 0.00669. The third-order valence-electron chi connectivity index (χ3n) is 16.3. The molecule has 4 N–H and O–H groups in total. The van der Waals surface area contributed by atoms with E-state index in [2.05, 4.69) is 111 Å². The average Bonchev–Trinajstić information content (AvgIpc) is 0.753. The van der Waals surface area contributed by atoms with E-state index >= 15 is 0 Å². The van der Waals surface area contributed by atoms with E-state index in [1.165, 1.54) is 49.9 Å². The Kier molecular flexibility index (Phi) is 45.5. The number of nitrogens with one attached hydrogen (secondary N) is 4. The molecule has 123 heavy (non-hydrogen) atoms. The van der Waals surface area contributed by atoms with Gasteiger partial charge in [-0.3, -0.25) is 16.7 Å². The highest BCUT2D eigenvalue weighted by atomic mass is 32.3. The lowest BCUT2D eigenvalue weighted by molar-refractivity contribution is -0.836. The number of azide groups is 2. The Morgan fingerprint density at radius 1 is 0.382 bits per heavy atom. The first-order valence-electron chi connectivity index (χ1n) is 38.0. The summed E-state index contributed by atoms with van der Waals surface area (Å²) < 4.78 is 265. The van der Waals surface area contributed by atoms with Gasteiger partial charge < -0.3 is 109 Å². The summed E-state index contributed by atoms with van der Waals surface area (Å²) in [4.78, 5) is 40.4. The highest BCUT2D eigenvalue weighted by Crippen LogP contribution is 2.42. The molecular formula is C76H110N10O33S4. The molecule has 4 aliphatic rings. The zero-order valence-corrected chi connectivity index (χ0v) is 73.5. The molecule has 0 bridgehead atoms. The van der Waals surface area contributed by atoms with Gasteiger partial charge in [-0.25, -0.2) is 43.3 Å². The van der Waals surface area contributed by atoms with Crippen molar-refractivity contribution >= 4 is 53.5 Å². The molecule has 4 heterocycles. The summed E-state index contributed by atoms with van der Waals surface area (Å²) in [7, 11) is 3.24. The van der Waals surface area contributed by atoms with Crippen LogP contribution in [0, 0.1) is 0 Å². The molecule has 4 fully saturated rings. The van der Waals surface area contributed by atoms with E-state index in [-0.39, 0.29) is 18.8 Å². The fourth-order valence-electron chi connectivity index (χ4n) is 11.8. The standard InChI is InChI=1S/C64H74N6O33S4.4C3H9N/c1-4-30-87-63-57(102-106(79,80)81)51(91-34-41-26-16-8-17-27-41)53(55(100-63)59(71)85-2)98-62-46(68-70-66)50(90-33-40-24-14-7-15-25-40)48(44(96-62)37-94-105(76,77)78)97-64-58(103-107(82,83)84)52(92-35-42-28-18-9-19-29-42)54(56(101-64)60(72)86-3)99-61-45(67-69-65)49(89-32-39-22-12-6-13-23-39)47(43(95-61)36-93-104(73,74)75)88-31-38-20-10-5-11-21-38;4*1-4(2)3/h4-29,43-58,61-64H,1,30-37H2,2-3H3,(H,73,74,75)(H,76,77,78)(H,79,80,81)(H,82,83,84);4*1-3H3/t43-,44-,45-,46-,47-,48-,49-,50-,51+,52+,53+,54+,55-,56-,57-,58-,61-,62-,63-,64-;;;;/m1..../s1. The molecule has 47 heteroatoms. The highest BCUT2D eigenvalue weighted by Gasteiger charge is 2.61. The van der Waals surface area contributed by atoms with Crippen molar-refractivity contribution in [3.63, 3.8) is 0 Å². The summed E-state index contributed by atoms with van der Waals surface area (Å²) >= 11 is 0. The summed E-state index contributed by atoms with van der Waals surface area (Å²) in [6, 6.07) is 35.9. The maximum atomic E-state index is 14.7. The van der Waals surface area contributed by atoms with Gasteiger partial charge in [0.25, 0.3) is 0 Å². The van der Waals surface area contributed by atoms with Crippen molar-refractivity contribution < 1.29 is 169 Å². The minimum Gasteiger partial charge on any atom is -0.726 e. The Hall–Kier alpha value is -7.80. The van der Waals surface area contributed by atoms with E-state index in [0.717, 1.165) is 14.2 Å². The summed E-state index contributed by atoms with van der Waals surface area (Å²) in [6.45, 7) is -1.99. The van der Waals surface area contributed by atoms with Crippen LogP contribution in [0.25, 0.3) is 20.9 Å². The molecule has 20 atom stereocenters. The molecule has 686 valence electrons. The van der Waals surface area contributed by atoms with Crippen LogP contribution in [0.2, 0.25) is 0 Å². The highest BCUT2D eigenvalue weighted by molar-refractivity contribution is 7.81. The number of nitrogens with zero attached hydrogens (tertiary/aromatic N) is 6. The molecule has 0 unspecified atom stereocenters. The van der Waals surface area contributed by atoms with Gasteiger partial charge in [0.2, 0.25) is 41.6 Å². The van der Waals surface area contributed by atoms with Gasteiger partial charge in [-0.15, -0.1) is 6.58 Å². The van der Waals surface area contributed by atoms with Gasteiger partial charge in [-0.05, 0) is 38.9 Å². The predicted molar refractivity (Wildman–Crippen MR) is 426 cm³/mol. The van der Waals surface area contributed by atoms with Gasteiger partial charge in [0.15, 0.2) is 49.6 Å². The van der Waals surface area contributed by atoms with E-state index in [9.17, 15) is 72.5 Å². The number of ether oxygens (including phenoxy) is 15. The molecule has 0 aromatic heterocycles. The lowest BCUT2D eigenvalue weighted by Gasteiger charge is -2.51. The molecule has 0 saturated carbocycles. The van der Waals surface area contributed by atoms with Crippen molar-refractivity contribution in [1.82, 2.24) is 0 Å². The Morgan fingerprint density at radius 2 is 0.650 bits per heavy atom. The summed E-state index contributed by atoms with van der Waals surface area (Å²) in [6.07, 6.45) is -38.6. The smallest absolute Gasteiger partial charge is 0.337 e. The summed E-state index contributed by atoms with van der Waals surface area (Å²) in [5.41, 5.74) is 22.8. The van der Waals surface area contributed by atoms with E-state index in [1.807, 2.05) is 0 Å². The normalized spacial score (nSPS) is 26.5. The second-order valence-corrected chi connectivity index (χ2v) is 33.5. The van der Waals surface area contributed by atoms with Crippen LogP contribution in [0.3, 0.4) is 0 Å². The zero-order valence-electron chi connectivity index (χ0n) is 70.2.